The highest BCUT2D eigenvalue weighted by Crippen LogP contribution is 2.34. The van der Waals surface area contributed by atoms with Crippen LogP contribution in [0.25, 0.3) is 0 Å². The third-order valence-corrected chi connectivity index (χ3v) is 4.16. The maximum atomic E-state index is 12.8. The van der Waals surface area contributed by atoms with Gasteiger partial charge in [-0.2, -0.15) is 5.26 Å². The minimum atomic E-state index is -0.687. The summed E-state index contributed by atoms with van der Waals surface area (Å²) in [4.78, 5) is 25.2. The van der Waals surface area contributed by atoms with Crippen molar-refractivity contribution in [2.45, 2.75) is 6.61 Å². The van der Waals surface area contributed by atoms with Crippen LogP contribution in [-0.2, 0) is 11.3 Å². The molecule has 0 aliphatic carbocycles. The number of furan rings is 1. The van der Waals surface area contributed by atoms with E-state index in [4.69, 9.17) is 23.9 Å². The first-order valence-corrected chi connectivity index (χ1v) is 8.82. The van der Waals surface area contributed by atoms with Crippen LogP contribution in [0, 0.1) is 11.3 Å². The number of nitriles is 1. The van der Waals surface area contributed by atoms with Gasteiger partial charge in [-0.15, -0.1) is 0 Å². The van der Waals surface area contributed by atoms with Crippen molar-refractivity contribution >= 4 is 17.6 Å². The lowest BCUT2D eigenvalue weighted by atomic mass is 10.1. The highest BCUT2D eigenvalue weighted by atomic mass is 16.5. The first-order valence-electron chi connectivity index (χ1n) is 8.82. The molecule has 0 bridgehead atoms. The van der Waals surface area contributed by atoms with Crippen molar-refractivity contribution in [2.24, 2.45) is 0 Å². The summed E-state index contributed by atoms with van der Waals surface area (Å²) in [5, 5.41) is 11.6. The van der Waals surface area contributed by atoms with Gasteiger partial charge in [-0.3, -0.25) is 4.79 Å². The van der Waals surface area contributed by atoms with E-state index in [-0.39, 0.29) is 23.6 Å². The van der Waals surface area contributed by atoms with E-state index < -0.39 is 11.9 Å². The Hall–Kier alpha value is -4.25. The summed E-state index contributed by atoms with van der Waals surface area (Å²) in [6.45, 7) is -0.0474. The van der Waals surface area contributed by atoms with Gasteiger partial charge in [0.15, 0.2) is 17.3 Å². The number of anilines is 1. The zero-order chi connectivity index (χ0) is 21.5. The Bertz CT molecular complexity index is 1100. The molecule has 0 atom stereocenters. The molecule has 0 fully saturated rings. The lowest BCUT2D eigenvalue weighted by Gasteiger charge is -2.15. The molecule has 1 N–H and O–H groups in total. The number of hydrogen-bond acceptors (Lipinski definition) is 7. The molecule has 0 radical (unpaired) electrons. The molecule has 0 saturated carbocycles. The first-order chi connectivity index (χ1) is 14.5. The number of carbonyl (C=O) groups is 2. The lowest BCUT2D eigenvalue weighted by Crippen LogP contribution is -2.16. The van der Waals surface area contributed by atoms with Crippen molar-refractivity contribution in [2.75, 3.05) is 19.5 Å². The van der Waals surface area contributed by atoms with Crippen molar-refractivity contribution in [3.8, 4) is 17.6 Å². The molecule has 0 unspecified atom stereocenters. The number of ether oxygens (including phenoxy) is 3. The number of benzene rings is 2. The number of carbonyl (C=O) groups excluding carboxylic acids is 2. The Morgan fingerprint density at radius 3 is 2.50 bits per heavy atom. The van der Waals surface area contributed by atoms with Gasteiger partial charge in [0, 0.05) is 12.1 Å². The number of esters is 1. The normalized spacial score (nSPS) is 10.0. The predicted molar refractivity (Wildman–Crippen MR) is 106 cm³/mol. The summed E-state index contributed by atoms with van der Waals surface area (Å²) in [5.74, 6) is -0.522. The molecule has 1 aromatic heterocycles. The van der Waals surface area contributed by atoms with Gasteiger partial charge in [-0.25, -0.2) is 4.79 Å². The Balaban J connectivity index is 1.87. The zero-order valence-corrected chi connectivity index (χ0v) is 16.3. The fraction of sp³-hybridized carbons (Fsp3) is 0.136. The number of methoxy groups -OCH3 is 2. The summed E-state index contributed by atoms with van der Waals surface area (Å²) in [6.07, 6.45) is 1.37. The van der Waals surface area contributed by atoms with E-state index in [0.717, 1.165) is 0 Å². The second-order valence-corrected chi connectivity index (χ2v) is 6.07. The van der Waals surface area contributed by atoms with Crippen LogP contribution >= 0.6 is 0 Å². The van der Waals surface area contributed by atoms with Crippen LogP contribution in [-0.4, -0.2) is 26.1 Å². The number of amides is 1. The molecular weight excluding hydrogens is 388 g/mol. The van der Waals surface area contributed by atoms with Gasteiger partial charge in [0.1, 0.15) is 6.61 Å². The van der Waals surface area contributed by atoms with E-state index >= 15 is 0 Å². The third kappa shape index (κ3) is 4.59. The minimum Gasteiger partial charge on any atom is -0.493 e. The van der Waals surface area contributed by atoms with Crippen molar-refractivity contribution in [1.29, 1.82) is 5.26 Å². The van der Waals surface area contributed by atoms with E-state index in [0.29, 0.717) is 22.6 Å². The first kappa shape index (κ1) is 20.5. The van der Waals surface area contributed by atoms with Gasteiger partial charge in [0.25, 0.3) is 5.91 Å². The van der Waals surface area contributed by atoms with Crippen LogP contribution in [0.4, 0.5) is 5.69 Å². The Morgan fingerprint density at radius 1 is 1.07 bits per heavy atom. The molecule has 152 valence electrons. The molecule has 8 heteroatoms. The summed E-state index contributed by atoms with van der Waals surface area (Å²) in [7, 11) is 2.87. The van der Waals surface area contributed by atoms with E-state index in [1.165, 1.54) is 38.7 Å². The van der Waals surface area contributed by atoms with Crippen molar-refractivity contribution in [3.63, 3.8) is 0 Å². The molecule has 3 aromatic rings. The molecule has 30 heavy (non-hydrogen) atoms. The maximum Gasteiger partial charge on any atom is 0.340 e. The van der Waals surface area contributed by atoms with E-state index in [1.807, 2.05) is 6.07 Å². The molecule has 8 nitrogen and oxygen atoms in total. The Morgan fingerprint density at radius 2 is 1.83 bits per heavy atom. The molecule has 0 aliphatic heterocycles. The van der Waals surface area contributed by atoms with Crippen LogP contribution in [0.15, 0.2) is 59.2 Å². The summed E-state index contributed by atoms with van der Waals surface area (Å²) in [6, 6.07) is 14.7. The topological polar surface area (TPSA) is 111 Å². The van der Waals surface area contributed by atoms with Gasteiger partial charge in [0.2, 0.25) is 0 Å². The van der Waals surface area contributed by atoms with Gasteiger partial charge < -0.3 is 23.9 Å². The SMILES string of the molecule is COc1cc(NC(=O)c2ccco2)c(C(=O)OCc2cccc(C#N)c2)cc1OC. The predicted octanol–water partition coefficient (Wildman–Crippen LogP) is 3.78. The summed E-state index contributed by atoms with van der Waals surface area (Å²) >= 11 is 0. The quantitative estimate of drug-likeness (QED) is 0.595. The van der Waals surface area contributed by atoms with Gasteiger partial charge in [0.05, 0.1) is 43.4 Å². The zero-order valence-electron chi connectivity index (χ0n) is 16.3. The van der Waals surface area contributed by atoms with Crippen molar-refractivity contribution < 1.29 is 28.2 Å². The molecule has 1 amide bonds. The molecule has 0 saturated heterocycles. The third-order valence-electron chi connectivity index (χ3n) is 4.16. The maximum absolute atomic E-state index is 12.8. The fourth-order valence-electron chi connectivity index (χ4n) is 2.70. The summed E-state index contributed by atoms with van der Waals surface area (Å²) < 4.78 is 21.0. The highest BCUT2D eigenvalue weighted by molar-refractivity contribution is 6.07. The smallest absolute Gasteiger partial charge is 0.340 e. The highest BCUT2D eigenvalue weighted by Gasteiger charge is 2.21. The minimum absolute atomic E-state index is 0.0474. The van der Waals surface area contributed by atoms with Crippen molar-refractivity contribution in [3.05, 3.63) is 77.2 Å². The monoisotopic (exact) mass is 406 g/mol. The van der Waals surface area contributed by atoms with E-state index in [9.17, 15) is 9.59 Å². The van der Waals surface area contributed by atoms with Crippen LogP contribution in [0.1, 0.15) is 32.0 Å². The Kier molecular flexibility index (Phi) is 6.35. The number of nitrogens with one attached hydrogen (secondary N) is 1. The van der Waals surface area contributed by atoms with Crippen LogP contribution in [0.3, 0.4) is 0 Å². The lowest BCUT2D eigenvalue weighted by molar-refractivity contribution is 0.0473. The second-order valence-electron chi connectivity index (χ2n) is 6.07. The van der Waals surface area contributed by atoms with E-state index in [1.54, 1.807) is 30.3 Å². The van der Waals surface area contributed by atoms with Gasteiger partial charge >= 0.3 is 5.97 Å². The molecule has 1 heterocycles. The van der Waals surface area contributed by atoms with Gasteiger partial charge in [-0.05, 0) is 29.8 Å². The average molecular weight is 406 g/mol. The number of hydrogen-bond donors (Lipinski definition) is 1. The standard InChI is InChI=1S/C22H18N2O6/c1-27-19-10-16(22(26)30-13-15-6-3-5-14(9-15)12-23)17(11-20(19)28-2)24-21(25)18-7-4-8-29-18/h3-11H,13H2,1-2H3,(H,24,25). The molecule has 0 aliphatic rings. The number of nitrogens with zero attached hydrogens (tertiary/aromatic N) is 1. The van der Waals surface area contributed by atoms with Crippen LogP contribution in [0.2, 0.25) is 0 Å². The van der Waals surface area contributed by atoms with Crippen LogP contribution in [0.5, 0.6) is 11.5 Å². The van der Waals surface area contributed by atoms with Gasteiger partial charge in [-0.1, -0.05) is 12.1 Å². The molecule has 0 spiro atoms. The second kappa shape index (κ2) is 9.30. The molecule has 2 aromatic carbocycles. The average Bonchev–Trinajstić information content (AvgIpc) is 3.32. The number of rotatable bonds is 7. The molecular formula is C22H18N2O6. The Labute approximate surface area is 172 Å². The van der Waals surface area contributed by atoms with Crippen LogP contribution < -0.4 is 14.8 Å². The fourth-order valence-corrected chi connectivity index (χ4v) is 2.70. The molecule has 3 rings (SSSR count). The summed E-state index contributed by atoms with van der Waals surface area (Å²) in [5.41, 5.74) is 1.36. The van der Waals surface area contributed by atoms with E-state index in [2.05, 4.69) is 5.32 Å². The van der Waals surface area contributed by atoms with Crippen molar-refractivity contribution in [1.82, 2.24) is 0 Å². The largest absolute Gasteiger partial charge is 0.493 e.